The van der Waals surface area contributed by atoms with Crippen LogP contribution in [0.5, 0.6) is 0 Å². The molecule has 7 heteroatoms. The maximum absolute atomic E-state index is 12.8. The van der Waals surface area contributed by atoms with Crippen LogP contribution in [0.15, 0.2) is 36.7 Å². The lowest BCUT2D eigenvalue weighted by Gasteiger charge is -2.23. The number of halogens is 3. The lowest BCUT2D eigenvalue weighted by atomic mass is 10.2. The quantitative estimate of drug-likeness (QED) is 0.942. The van der Waals surface area contributed by atoms with E-state index in [1.807, 2.05) is 6.92 Å². The van der Waals surface area contributed by atoms with E-state index < -0.39 is 11.7 Å². The molecule has 0 radical (unpaired) electrons. The lowest BCUT2D eigenvalue weighted by Crippen LogP contribution is -2.24. The molecule has 112 valence electrons. The molecule has 0 saturated heterocycles. The average Bonchev–Trinajstić information content (AvgIpc) is 2.44. The predicted octanol–water partition coefficient (Wildman–Crippen LogP) is 3.10. The van der Waals surface area contributed by atoms with Gasteiger partial charge in [-0.05, 0) is 36.8 Å². The Morgan fingerprint density at radius 2 is 1.86 bits per heavy atom. The van der Waals surface area contributed by atoms with Crippen molar-refractivity contribution in [2.45, 2.75) is 19.6 Å². The zero-order chi connectivity index (χ0) is 15.5. The fourth-order valence-electron chi connectivity index (χ4n) is 1.93. The SMILES string of the molecule is CCN(Cc1ccncc1)c1cc(C(F)(F)F)cc(N)n1. The molecule has 0 aliphatic rings. The third-order valence-corrected chi connectivity index (χ3v) is 2.99. The van der Waals surface area contributed by atoms with E-state index in [-0.39, 0.29) is 11.6 Å². The highest BCUT2D eigenvalue weighted by Gasteiger charge is 2.32. The molecule has 4 nitrogen and oxygen atoms in total. The number of hydrogen-bond donors (Lipinski definition) is 1. The van der Waals surface area contributed by atoms with Gasteiger partial charge >= 0.3 is 6.18 Å². The van der Waals surface area contributed by atoms with E-state index in [1.165, 1.54) is 0 Å². The van der Waals surface area contributed by atoms with Crippen molar-refractivity contribution < 1.29 is 13.2 Å². The summed E-state index contributed by atoms with van der Waals surface area (Å²) in [5, 5.41) is 0. The Morgan fingerprint density at radius 3 is 2.43 bits per heavy atom. The Kier molecular flexibility index (Phi) is 4.30. The van der Waals surface area contributed by atoms with Crippen LogP contribution >= 0.6 is 0 Å². The van der Waals surface area contributed by atoms with Gasteiger partial charge < -0.3 is 10.6 Å². The van der Waals surface area contributed by atoms with Crippen molar-refractivity contribution >= 4 is 11.6 Å². The van der Waals surface area contributed by atoms with Gasteiger partial charge in [0, 0.05) is 25.5 Å². The van der Waals surface area contributed by atoms with Gasteiger partial charge in [0.25, 0.3) is 0 Å². The molecule has 2 aromatic heterocycles. The second kappa shape index (κ2) is 5.99. The number of aromatic nitrogens is 2. The number of alkyl halides is 3. The normalized spacial score (nSPS) is 11.4. The van der Waals surface area contributed by atoms with Gasteiger partial charge in [-0.2, -0.15) is 13.2 Å². The van der Waals surface area contributed by atoms with Crippen LogP contribution < -0.4 is 10.6 Å². The molecule has 0 amide bonds. The maximum atomic E-state index is 12.8. The third kappa shape index (κ3) is 3.84. The lowest BCUT2D eigenvalue weighted by molar-refractivity contribution is -0.137. The molecule has 0 atom stereocenters. The molecular formula is C14H15F3N4. The standard InChI is InChI=1S/C14H15F3N4/c1-2-21(9-10-3-5-19-6-4-10)13-8-11(14(15,16)17)7-12(18)20-13/h3-8H,2,9H2,1H3,(H2,18,20). The zero-order valence-corrected chi connectivity index (χ0v) is 11.4. The van der Waals surface area contributed by atoms with Crippen molar-refractivity contribution in [3.05, 3.63) is 47.8 Å². The molecule has 2 heterocycles. The molecule has 2 N–H and O–H groups in total. The van der Waals surface area contributed by atoms with Gasteiger partial charge in [0.2, 0.25) is 0 Å². The number of nitrogens with two attached hydrogens (primary N) is 1. The van der Waals surface area contributed by atoms with Gasteiger partial charge in [-0.25, -0.2) is 4.98 Å². The third-order valence-electron chi connectivity index (χ3n) is 2.99. The van der Waals surface area contributed by atoms with Crippen LogP contribution in [0.25, 0.3) is 0 Å². The van der Waals surface area contributed by atoms with Crippen LogP contribution in [-0.4, -0.2) is 16.5 Å². The number of nitrogen functional groups attached to an aromatic ring is 1. The Bertz CT molecular complexity index is 599. The Hall–Kier alpha value is -2.31. The highest BCUT2D eigenvalue weighted by atomic mass is 19.4. The molecule has 0 unspecified atom stereocenters. The second-order valence-corrected chi connectivity index (χ2v) is 4.51. The van der Waals surface area contributed by atoms with Crippen LogP contribution in [0.2, 0.25) is 0 Å². The summed E-state index contributed by atoms with van der Waals surface area (Å²) in [6, 6.07) is 5.46. The summed E-state index contributed by atoms with van der Waals surface area (Å²) >= 11 is 0. The zero-order valence-electron chi connectivity index (χ0n) is 11.4. The molecule has 0 spiro atoms. The van der Waals surface area contributed by atoms with Crippen LogP contribution in [0, 0.1) is 0 Å². The molecule has 2 aromatic rings. The Labute approximate surface area is 120 Å². The van der Waals surface area contributed by atoms with Crippen molar-refractivity contribution in [3.8, 4) is 0 Å². The molecule has 2 rings (SSSR count). The number of nitrogens with zero attached hydrogens (tertiary/aromatic N) is 3. The van der Waals surface area contributed by atoms with Gasteiger partial charge in [-0.1, -0.05) is 0 Å². The van der Waals surface area contributed by atoms with Gasteiger partial charge in [-0.3, -0.25) is 4.98 Å². The minimum Gasteiger partial charge on any atom is -0.384 e. The Balaban J connectivity index is 2.32. The molecule has 0 saturated carbocycles. The largest absolute Gasteiger partial charge is 0.416 e. The summed E-state index contributed by atoms with van der Waals surface area (Å²) in [6.07, 6.45) is -1.17. The Morgan fingerprint density at radius 1 is 1.19 bits per heavy atom. The van der Waals surface area contributed by atoms with Crippen LogP contribution in [0.3, 0.4) is 0 Å². The van der Waals surface area contributed by atoms with E-state index in [1.54, 1.807) is 29.4 Å². The number of pyridine rings is 2. The van der Waals surface area contributed by atoms with E-state index in [0.29, 0.717) is 13.1 Å². The van der Waals surface area contributed by atoms with Crippen molar-refractivity contribution in [1.82, 2.24) is 9.97 Å². The minimum atomic E-state index is -4.44. The fourth-order valence-corrected chi connectivity index (χ4v) is 1.93. The van der Waals surface area contributed by atoms with Crippen LogP contribution in [0.4, 0.5) is 24.8 Å². The number of hydrogen-bond acceptors (Lipinski definition) is 4. The number of anilines is 2. The van der Waals surface area contributed by atoms with Gasteiger partial charge in [-0.15, -0.1) is 0 Å². The molecule has 0 bridgehead atoms. The first kappa shape index (κ1) is 15.1. The van der Waals surface area contributed by atoms with Crippen molar-refractivity contribution in [2.24, 2.45) is 0 Å². The summed E-state index contributed by atoms with van der Waals surface area (Å²) in [7, 11) is 0. The van der Waals surface area contributed by atoms with Gasteiger partial charge in [0.15, 0.2) is 0 Å². The topological polar surface area (TPSA) is 55.0 Å². The first-order valence-corrected chi connectivity index (χ1v) is 6.38. The summed E-state index contributed by atoms with van der Waals surface area (Å²) in [5.74, 6) is 0.0645. The molecular weight excluding hydrogens is 281 g/mol. The van der Waals surface area contributed by atoms with E-state index in [9.17, 15) is 13.2 Å². The van der Waals surface area contributed by atoms with Crippen LogP contribution in [0.1, 0.15) is 18.1 Å². The fraction of sp³-hybridized carbons (Fsp3) is 0.286. The molecule has 0 aliphatic carbocycles. The minimum absolute atomic E-state index is 0.145. The first-order valence-electron chi connectivity index (χ1n) is 6.38. The monoisotopic (exact) mass is 296 g/mol. The maximum Gasteiger partial charge on any atom is 0.416 e. The molecule has 0 aliphatic heterocycles. The predicted molar refractivity (Wildman–Crippen MR) is 74.6 cm³/mol. The highest BCUT2D eigenvalue weighted by Crippen LogP contribution is 2.32. The van der Waals surface area contributed by atoms with Crippen molar-refractivity contribution in [1.29, 1.82) is 0 Å². The average molecular weight is 296 g/mol. The van der Waals surface area contributed by atoms with Gasteiger partial charge in [0.1, 0.15) is 11.6 Å². The van der Waals surface area contributed by atoms with E-state index in [4.69, 9.17) is 5.73 Å². The first-order chi connectivity index (χ1) is 9.90. The summed E-state index contributed by atoms with van der Waals surface area (Å²) < 4.78 is 38.5. The van der Waals surface area contributed by atoms with Crippen molar-refractivity contribution in [3.63, 3.8) is 0 Å². The summed E-state index contributed by atoms with van der Waals surface area (Å²) in [6.45, 7) is 2.79. The smallest absolute Gasteiger partial charge is 0.384 e. The molecule has 0 aromatic carbocycles. The van der Waals surface area contributed by atoms with Crippen LogP contribution in [-0.2, 0) is 12.7 Å². The van der Waals surface area contributed by atoms with Crippen molar-refractivity contribution in [2.75, 3.05) is 17.2 Å². The summed E-state index contributed by atoms with van der Waals surface area (Å²) in [5.41, 5.74) is 5.64. The van der Waals surface area contributed by atoms with E-state index >= 15 is 0 Å². The van der Waals surface area contributed by atoms with Gasteiger partial charge in [0.05, 0.1) is 5.56 Å². The second-order valence-electron chi connectivity index (χ2n) is 4.51. The molecule has 0 fully saturated rings. The number of rotatable bonds is 4. The highest BCUT2D eigenvalue weighted by molar-refractivity contribution is 5.49. The van der Waals surface area contributed by atoms with E-state index in [0.717, 1.165) is 17.7 Å². The molecule has 21 heavy (non-hydrogen) atoms. The van der Waals surface area contributed by atoms with E-state index in [2.05, 4.69) is 9.97 Å². The summed E-state index contributed by atoms with van der Waals surface area (Å²) in [4.78, 5) is 9.63.